The molecule has 5 nitrogen and oxygen atoms in total. The molecular weight excluding hydrogens is 441 g/mol. The fourth-order valence-corrected chi connectivity index (χ4v) is 5.25. The van der Waals surface area contributed by atoms with Gasteiger partial charge in [0.05, 0.1) is 38.1 Å². The molecule has 0 unspecified atom stereocenters. The number of unbranched alkanes of at least 4 members (excludes halogenated alkanes) is 5. The Morgan fingerprint density at radius 2 is 1.22 bits per heavy atom. The molecule has 0 heterocycles. The molecule has 0 aliphatic carbocycles. The molecule has 0 fully saturated rings. The van der Waals surface area contributed by atoms with Crippen LogP contribution in [0.3, 0.4) is 0 Å². The summed E-state index contributed by atoms with van der Waals surface area (Å²) in [5, 5.41) is 8.90. The lowest BCUT2D eigenvalue weighted by Crippen LogP contribution is -2.01. The van der Waals surface area contributed by atoms with Gasteiger partial charge in [-0.3, -0.25) is 0 Å². The van der Waals surface area contributed by atoms with Crippen LogP contribution in [0.25, 0.3) is 11.1 Å². The van der Waals surface area contributed by atoms with E-state index in [2.05, 4.69) is 18.2 Å². The smallest absolute Gasteiger partial charge is 0.327 e. The Bertz CT molecular complexity index is 855. The van der Waals surface area contributed by atoms with E-state index in [0.29, 0.717) is 25.4 Å². The zero-order valence-corrected chi connectivity index (χ0v) is 20.8. The van der Waals surface area contributed by atoms with Crippen molar-refractivity contribution in [3.8, 4) is 22.9 Å². The molecule has 0 saturated heterocycles. The van der Waals surface area contributed by atoms with Gasteiger partial charge in [-0.25, -0.2) is 0 Å². The molecule has 0 aliphatic heterocycles. The zero-order chi connectivity index (χ0) is 23.1. The molecule has 0 aromatic heterocycles. The normalized spacial score (nSPS) is 11.3. The van der Waals surface area contributed by atoms with Crippen molar-refractivity contribution in [1.29, 1.82) is 5.26 Å². The third kappa shape index (κ3) is 9.81. The molecule has 174 valence electrons. The molecule has 0 atom stereocenters. The Kier molecular flexibility index (Phi) is 12.6. The summed E-state index contributed by atoms with van der Waals surface area (Å²) in [6, 6.07) is 17.8. The lowest BCUT2D eigenvalue weighted by atomic mass is 10.0. The van der Waals surface area contributed by atoms with Crippen molar-refractivity contribution in [2.24, 2.45) is 0 Å². The van der Waals surface area contributed by atoms with E-state index in [9.17, 15) is 0 Å². The quantitative estimate of drug-likeness (QED) is 0.188. The Morgan fingerprint density at radius 3 is 1.75 bits per heavy atom. The summed E-state index contributed by atoms with van der Waals surface area (Å²) in [7, 11) is 0. The number of benzene rings is 2. The SMILES string of the molecule is CCOP(=S)(OCC)OCCCCCCCCOc1ccc(-c2ccc(C#N)cc2)cc1. The molecule has 0 N–H and O–H groups in total. The molecule has 2 rings (SSSR count). The summed E-state index contributed by atoms with van der Waals surface area (Å²) in [5.74, 6) is 0.888. The molecule has 2 aromatic carbocycles. The van der Waals surface area contributed by atoms with Crippen molar-refractivity contribution < 1.29 is 18.3 Å². The molecule has 0 aliphatic rings. The van der Waals surface area contributed by atoms with Gasteiger partial charge in [0, 0.05) is 0 Å². The number of rotatable bonds is 16. The first kappa shape index (κ1) is 26.5. The second-order valence-corrected chi connectivity index (χ2v) is 10.3. The summed E-state index contributed by atoms with van der Waals surface area (Å²) in [6.07, 6.45) is 6.65. The Hall–Kier alpha value is -1.74. The minimum Gasteiger partial charge on any atom is -0.494 e. The van der Waals surface area contributed by atoms with Crippen LogP contribution in [0.1, 0.15) is 57.9 Å². The summed E-state index contributed by atoms with van der Waals surface area (Å²) >= 11 is 5.35. The molecule has 0 radical (unpaired) electrons. The summed E-state index contributed by atoms with van der Waals surface area (Å²) in [6.45, 7) is 3.62. The molecule has 0 amide bonds. The number of nitriles is 1. The Balaban J connectivity index is 1.54. The molecule has 7 heteroatoms. The van der Waals surface area contributed by atoms with Crippen molar-refractivity contribution in [2.45, 2.75) is 52.4 Å². The maximum Gasteiger partial charge on any atom is 0.327 e. The maximum atomic E-state index is 8.90. The zero-order valence-electron chi connectivity index (χ0n) is 19.1. The number of ether oxygens (including phenoxy) is 1. The second kappa shape index (κ2) is 15.2. The highest BCUT2D eigenvalue weighted by molar-refractivity contribution is 8.07. The fourth-order valence-electron chi connectivity index (χ4n) is 3.19. The lowest BCUT2D eigenvalue weighted by Gasteiger charge is -2.20. The standard InChI is InChI=1S/C25H34NO4PS/c1-3-28-31(32,29-4-2)30-20-10-8-6-5-7-9-19-27-25-17-15-24(16-18-25)23-13-11-22(21-26)12-14-23/h11-18H,3-10,19-20H2,1-2H3. The topological polar surface area (TPSA) is 60.7 Å². The molecule has 2 aromatic rings. The molecular formula is C25H34NO4PS. The van der Waals surface area contributed by atoms with Crippen molar-refractivity contribution in [1.82, 2.24) is 0 Å². The van der Waals surface area contributed by atoms with Crippen LogP contribution < -0.4 is 4.74 Å². The van der Waals surface area contributed by atoms with E-state index in [1.165, 1.54) is 12.8 Å². The van der Waals surface area contributed by atoms with Gasteiger partial charge in [-0.1, -0.05) is 49.9 Å². The largest absolute Gasteiger partial charge is 0.494 e. The van der Waals surface area contributed by atoms with Crippen LogP contribution in [-0.2, 0) is 25.4 Å². The van der Waals surface area contributed by atoms with Gasteiger partial charge in [-0.05, 0) is 73.9 Å². The first-order chi connectivity index (χ1) is 15.6. The third-order valence-corrected chi connectivity index (χ3v) is 7.43. The molecule has 32 heavy (non-hydrogen) atoms. The molecule has 0 bridgehead atoms. The van der Waals surface area contributed by atoms with Crippen molar-refractivity contribution in [3.05, 3.63) is 54.1 Å². The summed E-state index contributed by atoms with van der Waals surface area (Å²) in [5.41, 5.74) is 2.88. The first-order valence-electron chi connectivity index (χ1n) is 11.4. The second-order valence-electron chi connectivity index (χ2n) is 7.30. The maximum absolute atomic E-state index is 8.90. The minimum absolute atomic E-state index is 0.515. The highest BCUT2D eigenvalue weighted by Crippen LogP contribution is 2.49. The monoisotopic (exact) mass is 475 g/mol. The average Bonchev–Trinajstić information content (AvgIpc) is 2.81. The van der Waals surface area contributed by atoms with E-state index in [-0.39, 0.29) is 0 Å². The van der Waals surface area contributed by atoms with Crippen LogP contribution in [0.15, 0.2) is 48.5 Å². The van der Waals surface area contributed by atoms with E-state index < -0.39 is 6.72 Å². The number of hydrogen-bond donors (Lipinski definition) is 0. The van der Waals surface area contributed by atoms with Gasteiger partial charge in [0.15, 0.2) is 0 Å². The van der Waals surface area contributed by atoms with Crippen LogP contribution >= 0.6 is 6.72 Å². The van der Waals surface area contributed by atoms with Crippen LogP contribution in [0.4, 0.5) is 0 Å². The van der Waals surface area contributed by atoms with E-state index in [1.54, 1.807) is 0 Å². The average molecular weight is 476 g/mol. The fraction of sp³-hybridized carbons (Fsp3) is 0.480. The van der Waals surface area contributed by atoms with Crippen LogP contribution in [0.5, 0.6) is 5.75 Å². The molecule has 0 saturated carbocycles. The first-order valence-corrected chi connectivity index (χ1v) is 13.9. The van der Waals surface area contributed by atoms with Crippen LogP contribution in [0, 0.1) is 11.3 Å². The van der Waals surface area contributed by atoms with Gasteiger partial charge >= 0.3 is 6.72 Å². The van der Waals surface area contributed by atoms with E-state index in [4.69, 9.17) is 35.4 Å². The van der Waals surface area contributed by atoms with Gasteiger partial charge in [0.2, 0.25) is 0 Å². The van der Waals surface area contributed by atoms with Gasteiger partial charge in [-0.2, -0.15) is 5.26 Å². The van der Waals surface area contributed by atoms with Crippen molar-refractivity contribution in [2.75, 3.05) is 26.4 Å². The lowest BCUT2D eigenvalue weighted by molar-refractivity contribution is 0.164. The van der Waals surface area contributed by atoms with Crippen LogP contribution in [-0.4, -0.2) is 26.4 Å². The summed E-state index contributed by atoms with van der Waals surface area (Å²) in [4.78, 5) is 0. The van der Waals surface area contributed by atoms with E-state index in [0.717, 1.165) is 49.2 Å². The van der Waals surface area contributed by atoms with Gasteiger partial charge < -0.3 is 18.3 Å². The predicted octanol–water partition coefficient (Wildman–Crippen LogP) is 7.26. The molecule has 0 spiro atoms. The number of hydrogen-bond acceptors (Lipinski definition) is 6. The Morgan fingerprint density at radius 1 is 0.719 bits per heavy atom. The van der Waals surface area contributed by atoms with Gasteiger partial charge in [0.25, 0.3) is 0 Å². The number of nitrogens with zero attached hydrogens (tertiary/aromatic N) is 1. The van der Waals surface area contributed by atoms with Gasteiger partial charge in [0.1, 0.15) is 5.75 Å². The van der Waals surface area contributed by atoms with Crippen molar-refractivity contribution >= 4 is 18.5 Å². The van der Waals surface area contributed by atoms with Crippen LogP contribution in [0.2, 0.25) is 0 Å². The third-order valence-electron chi connectivity index (χ3n) is 4.83. The highest BCUT2D eigenvalue weighted by Gasteiger charge is 2.18. The highest BCUT2D eigenvalue weighted by atomic mass is 32.5. The Labute approximate surface area is 197 Å². The predicted molar refractivity (Wildman–Crippen MR) is 133 cm³/mol. The van der Waals surface area contributed by atoms with Crippen molar-refractivity contribution in [3.63, 3.8) is 0 Å². The summed E-state index contributed by atoms with van der Waals surface area (Å²) < 4.78 is 22.5. The van der Waals surface area contributed by atoms with Gasteiger partial charge in [-0.15, -0.1) is 0 Å². The van der Waals surface area contributed by atoms with E-state index in [1.807, 2.05) is 50.2 Å². The minimum atomic E-state index is -2.54. The van der Waals surface area contributed by atoms with E-state index >= 15 is 0 Å².